The molecule has 2 aromatic rings. The van der Waals surface area contributed by atoms with Crippen molar-refractivity contribution < 1.29 is 19.0 Å². The van der Waals surface area contributed by atoms with Gasteiger partial charge < -0.3 is 20.3 Å². The highest BCUT2D eigenvalue weighted by atomic mass is 79.9. The van der Waals surface area contributed by atoms with E-state index in [0.29, 0.717) is 21.5 Å². The molecule has 0 fully saturated rings. The first-order valence-electron chi connectivity index (χ1n) is 6.49. The lowest BCUT2D eigenvalue weighted by molar-refractivity contribution is 0.259. The van der Waals surface area contributed by atoms with E-state index in [4.69, 9.17) is 15.2 Å². The minimum Gasteiger partial charge on any atom is -0.508 e. The van der Waals surface area contributed by atoms with E-state index in [1.807, 2.05) is 0 Å². The predicted molar refractivity (Wildman–Crippen MR) is 80.6 cm³/mol. The summed E-state index contributed by atoms with van der Waals surface area (Å²) >= 11 is 3.17. The first kappa shape index (κ1) is 13.4. The zero-order chi connectivity index (χ0) is 15.5. The Morgan fingerprint density at radius 3 is 2.77 bits per heavy atom. The fraction of sp³-hybridized carbons (Fsp3) is 0.133. The van der Waals surface area contributed by atoms with Gasteiger partial charge in [0.05, 0.1) is 10.0 Å². The van der Waals surface area contributed by atoms with E-state index in [2.05, 4.69) is 20.9 Å². The maximum atomic E-state index is 14.7. The summed E-state index contributed by atoms with van der Waals surface area (Å²) in [5, 5.41) is 9.79. The summed E-state index contributed by atoms with van der Waals surface area (Å²) in [5.41, 5.74) is 5.25. The Hall–Kier alpha value is -2.28. The number of nitrogens with zero attached hydrogens (tertiary/aromatic N) is 1. The first-order valence-corrected chi connectivity index (χ1v) is 7.28. The maximum absolute atomic E-state index is 14.7. The minimum absolute atomic E-state index is 0.0264. The smallest absolute Gasteiger partial charge is 0.283 e. The number of phenolic OH excluding ortho intramolecular Hbond substituents is 1. The van der Waals surface area contributed by atoms with Gasteiger partial charge in [-0.05, 0) is 46.3 Å². The largest absolute Gasteiger partial charge is 0.508 e. The molecule has 2 aromatic carbocycles. The van der Waals surface area contributed by atoms with Crippen LogP contribution in [0.2, 0.25) is 0 Å². The van der Waals surface area contributed by atoms with Crippen LogP contribution in [-0.4, -0.2) is 17.7 Å². The predicted octanol–water partition coefficient (Wildman–Crippen LogP) is 2.99. The second-order valence-electron chi connectivity index (χ2n) is 5.12. The summed E-state index contributed by atoms with van der Waals surface area (Å²) < 4.78 is 26.1. The summed E-state index contributed by atoms with van der Waals surface area (Å²) in [7, 11) is 0. The van der Waals surface area contributed by atoms with E-state index >= 15 is 0 Å². The van der Waals surface area contributed by atoms with Gasteiger partial charge in [0.2, 0.25) is 0 Å². The van der Waals surface area contributed by atoms with Crippen molar-refractivity contribution in [3.63, 3.8) is 0 Å². The maximum Gasteiger partial charge on any atom is 0.283 e. The van der Waals surface area contributed by atoms with Crippen LogP contribution in [0.1, 0.15) is 11.1 Å². The topological polar surface area (TPSA) is 77.1 Å². The Bertz CT molecular complexity index is 840. The Balaban J connectivity index is 2.09. The van der Waals surface area contributed by atoms with Crippen LogP contribution in [-0.2, 0) is 10.3 Å². The molecule has 0 aromatic heterocycles. The van der Waals surface area contributed by atoms with E-state index in [1.165, 1.54) is 12.1 Å². The molecule has 112 valence electrons. The number of fused-ring (bicyclic) bond motifs is 4. The summed E-state index contributed by atoms with van der Waals surface area (Å²) in [6, 6.07) is 7.79. The highest BCUT2D eigenvalue weighted by Crippen LogP contribution is 2.53. The summed E-state index contributed by atoms with van der Waals surface area (Å²) in [5.74, 6) is 0.366. The third kappa shape index (κ3) is 1.65. The average Bonchev–Trinajstić information content (AvgIpc) is 2.87. The molecule has 2 heterocycles. The van der Waals surface area contributed by atoms with Crippen LogP contribution in [0, 0.1) is 5.82 Å². The molecule has 0 radical (unpaired) electrons. The normalized spacial score (nSPS) is 21.6. The molecule has 5 nitrogen and oxygen atoms in total. The number of phenols is 1. The van der Waals surface area contributed by atoms with Gasteiger partial charge in [0.1, 0.15) is 29.7 Å². The molecule has 2 aliphatic rings. The number of hydrogen-bond donors (Lipinski definition) is 2. The molecule has 1 atom stereocenters. The van der Waals surface area contributed by atoms with Crippen LogP contribution in [0.25, 0.3) is 0 Å². The van der Waals surface area contributed by atoms with E-state index in [1.54, 1.807) is 18.2 Å². The highest BCUT2D eigenvalue weighted by molar-refractivity contribution is 9.10. The highest BCUT2D eigenvalue weighted by Gasteiger charge is 2.49. The third-order valence-electron chi connectivity index (χ3n) is 3.83. The zero-order valence-electron chi connectivity index (χ0n) is 11.1. The molecule has 0 aliphatic carbocycles. The number of amidine groups is 1. The van der Waals surface area contributed by atoms with Crippen LogP contribution in [0.5, 0.6) is 17.2 Å². The van der Waals surface area contributed by atoms with Crippen molar-refractivity contribution in [3.8, 4) is 17.2 Å². The molecule has 7 heteroatoms. The van der Waals surface area contributed by atoms with Crippen molar-refractivity contribution in [3.05, 3.63) is 51.7 Å². The second kappa shape index (κ2) is 4.36. The van der Waals surface area contributed by atoms with Gasteiger partial charge in [-0.15, -0.1) is 0 Å². The fourth-order valence-electron chi connectivity index (χ4n) is 2.88. The average molecular weight is 365 g/mol. The molecule has 2 aliphatic heterocycles. The number of halogens is 2. The number of ether oxygens (including phenoxy) is 2. The van der Waals surface area contributed by atoms with Gasteiger partial charge in [-0.3, -0.25) is 0 Å². The molecule has 0 bridgehead atoms. The molecular weight excluding hydrogens is 355 g/mol. The molecule has 4 rings (SSSR count). The lowest BCUT2D eigenvalue weighted by atomic mass is 9.81. The number of nitrogens with two attached hydrogens (primary N) is 1. The number of hydrogen-bond acceptors (Lipinski definition) is 5. The van der Waals surface area contributed by atoms with E-state index in [9.17, 15) is 9.50 Å². The van der Waals surface area contributed by atoms with Crippen molar-refractivity contribution in [1.29, 1.82) is 0 Å². The number of aromatic hydroxyl groups is 1. The van der Waals surface area contributed by atoms with Gasteiger partial charge in [0.15, 0.2) is 5.54 Å². The number of rotatable bonds is 0. The van der Waals surface area contributed by atoms with Crippen molar-refractivity contribution in [2.75, 3.05) is 6.61 Å². The Morgan fingerprint density at radius 1 is 1.27 bits per heavy atom. The van der Waals surface area contributed by atoms with E-state index in [-0.39, 0.29) is 23.9 Å². The molecule has 22 heavy (non-hydrogen) atoms. The quantitative estimate of drug-likeness (QED) is 0.753. The molecule has 3 N–H and O–H groups in total. The first-order chi connectivity index (χ1) is 10.5. The summed E-state index contributed by atoms with van der Waals surface area (Å²) in [4.78, 5) is 4.33. The third-order valence-corrected chi connectivity index (χ3v) is 4.44. The van der Waals surface area contributed by atoms with E-state index in [0.717, 1.165) is 0 Å². The lowest BCUT2D eigenvalue weighted by Crippen LogP contribution is -2.32. The molecule has 0 amide bonds. The van der Waals surface area contributed by atoms with Gasteiger partial charge >= 0.3 is 0 Å². The van der Waals surface area contributed by atoms with Crippen molar-refractivity contribution in [1.82, 2.24) is 0 Å². The van der Waals surface area contributed by atoms with Crippen molar-refractivity contribution >= 4 is 22.0 Å². The molecule has 1 spiro atoms. The van der Waals surface area contributed by atoms with Crippen molar-refractivity contribution in [2.45, 2.75) is 5.54 Å². The SMILES string of the molecule is NC1=N[C@@]2(CO1)c1cc(O)ccc1Oc1ccc(Br)c(F)c12. The second-order valence-corrected chi connectivity index (χ2v) is 5.97. The minimum atomic E-state index is -1.17. The van der Waals surface area contributed by atoms with Gasteiger partial charge in [-0.2, -0.15) is 0 Å². The summed E-state index contributed by atoms with van der Waals surface area (Å²) in [6.07, 6.45) is 0. The van der Waals surface area contributed by atoms with Crippen molar-refractivity contribution in [2.24, 2.45) is 10.7 Å². The van der Waals surface area contributed by atoms with Crippen LogP contribution < -0.4 is 10.5 Å². The van der Waals surface area contributed by atoms with Gasteiger partial charge in [0.25, 0.3) is 6.02 Å². The van der Waals surface area contributed by atoms with E-state index < -0.39 is 11.4 Å². The molecular formula is C15H10BrFN2O3. The molecule has 0 unspecified atom stereocenters. The molecule has 0 saturated carbocycles. The standard InChI is InChI=1S/C15H10BrFN2O3/c16-9-2-4-11-12(13(9)17)15(6-21-14(18)19-15)8-5-7(20)1-3-10(8)22-11/h1-5,20H,6H2,(H2,18,19)/t15-/m0/s1. The molecule has 0 saturated heterocycles. The van der Waals surface area contributed by atoms with Crippen LogP contribution in [0.3, 0.4) is 0 Å². The van der Waals surface area contributed by atoms with Crippen LogP contribution in [0.15, 0.2) is 39.8 Å². The van der Waals surface area contributed by atoms with Crippen LogP contribution >= 0.6 is 15.9 Å². The fourth-order valence-corrected chi connectivity index (χ4v) is 3.21. The monoisotopic (exact) mass is 364 g/mol. The van der Waals surface area contributed by atoms with Gasteiger partial charge in [0, 0.05) is 5.56 Å². The van der Waals surface area contributed by atoms with Gasteiger partial charge in [-0.25, -0.2) is 9.38 Å². The number of aliphatic imine (C=N–C) groups is 1. The zero-order valence-corrected chi connectivity index (χ0v) is 12.7. The van der Waals surface area contributed by atoms with Gasteiger partial charge in [-0.1, -0.05) is 0 Å². The Morgan fingerprint density at radius 2 is 2.05 bits per heavy atom. The Kier molecular flexibility index (Phi) is 2.65. The number of benzene rings is 2. The lowest BCUT2D eigenvalue weighted by Gasteiger charge is -2.33. The summed E-state index contributed by atoms with van der Waals surface area (Å²) in [6.45, 7) is 0.0407. The Labute approximate surface area is 133 Å². The van der Waals surface area contributed by atoms with Crippen LogP contribution in [0.4, 0.5) is 4.39 Å².